The zero-order valence-electron chi connectivity index (χ0n) is 15.4. The Morgan fingerprint density at radius 1 is 1.00 bits per heavy atom. The number of methoxy groups -OCH3 is 1. The van der Waals surface area contributed by atoms with Crippen molar-refractivity contribution < 1.29 is 14.3 Å². The number of hydrogen-bond donors (Lipinski definition) is 2. The van der Waals surface area contributed by atoms with Gasteiger partial charge in [-0.05, 0) is 34.5 Å². The van der Waals surface area contributed by atoms with Gasteiger partial charge in [0, 0.05) is 29.1 Å². The van der Waals surface area contributed by atoms with Gasteiger partial charge in [-0.2, -0.15) is 0 Å². The highest BCUT2D eigenvalue weighted by molar-refractivity contribution is 6.00. The molecule has 0 fully saturated rings. The van der Waals surface area contributed by atoms with Crippen molar-refractivity contribution in [2.24, 2.45) is 0 Å². The van der Waals surface area contributed by atoms with E-state index < -0.39 is 12.0 Å². The van der Waals surface area contributed by atoms with Crippen LogP contribution in [-0.2, 0) is 16.0 Å². The molecular formula is C23H20N2O3. The van der Waals surface area contributed by atoms with Crippen molar-refractivity contribution in [2.75, 3.05) is 7.11 Å². The minimum atomic E-state index is -0.775. The molecule has 3 aromatic carbocycles. The van der Waals surface area contributed by atoms with E-state index in [9.17, 15) is 9.59 Å². The summed E-state index contributed by atoms with van der Waals surface area (Å²) in [5.74, 6) is -0.777. The lowest BCUT2D eigenvalue weighted by Gasteiger charge is -2.16. The molecular weight excluding hydrogens is 352 g/mol. The van der Waals surface area contributed by atoms with Crippen LogP contribution in [0.2, 0.25) is 0 Å². The van der Waals surface area contributed by atoms with Crippen LogP contribution in [-0.4, -0.2) is 30.0 Å². The molecule has 0 saturated heterocycles. The number of hydrogen-bond acceptors (Lipinski definition) is 3. The smallest absolute Gasteiger partial charge is 0.328 e. The standard InChI is InChI=1S/C23H20N2O3/c1-28-23(27)21(13-18-14-24-20-9-5-4-8-19(18)20)25-22(26)17-11-10-15-6-2-3-7-16(15)12-17/h2-12,14,21,24H,13H2,1H3,(H,25,26)/t21-/m1/s1. The van der Waals surface area contributed by atoms with E-state index in [1.807, 2.05) is 66.9 Å². The first-order chi connectivity index (χ1) is 13.7. The second-order valence-electron chi connectivity index (χ2n) is 6.67. The molecule has 140 valence electrons. The number of para-hydroxylation sites is 1. The summed E-state index contributed by atoms with van der Waals surface area (Å²) in [6, 6.07) is 20.4. The summed E-state index contributed by atoms with van der Waals surface area (Å²) in [4.78, 5) is 28.3. The van der Waals surface area contributed by atoms with Gasteiger partial charge in [0.1, 0.15) is 6.04 Å². The quantitative estimate of drug-likeness (QED) is 0.523. The molecule has 0 unspecified atom stereocenters. The van der Waals surface area contributed by atoms with E-state index in [0.29, 0.717) is 12.0 Å². The first kappa shape index (κ1) is 17.8. The van der Waals surface area contributed by atoms with Crippen molar-refractivity contribution in [3.05, 3.63) is 84.1 Å². The third-order valence-electron chi connectivity index (χ3n) is 4.90. The normalized spacial score (nSPS) is 12.0. The van der Waals surface area contributed by atoms with E-state index in [-0.39, 0.29) is 5.91 Å². The number of carbonyl (C=O) groups excluding carboxylic acids is 2. The van der Waals surface area contributed by atoms with Gasteiger partial charge in [-0.25, -0.2) is 4.79 Å². The number of carbonyl (C=O) groups is 2. The lowest BCUT2D eigenvalue weighted by molar-refractivity contribution is -0.142. The Labute approximate surface area is 162 Å². The molecule has 1 heterocycles. The lowest BCUT2D eigenvalue weighted by atomic mass is 10.0. The number of amides is 1. The summed E-state index contributed by atoms with van der Waals surface area (Å²) in [5, 5.41) is 5.88. The molecule has 2 N–H and O–H groups in total. The minimum absolute atomic E-state index is 0.305. The van der Waals surface area contributed by atoms with E-state index in [1.165, 1.54) is 7.11 Å². The van der Waals surface area contributed by atoms with E-state index in [2.05, 4.69) is 10.3 Å². The summed E-state index contributed by atoms with van der Waals surface area (Å²) in [7, 11) is 1.33. The van der Waals surface area contributed by atoms with Crippen molar-refractivity contribution in [3.63, 3.8) is 0 Å². The lowest BCUT2D eigenvalue weighted by Crippen LogP contribution is -2.43. The van der Waals surface area contributed by atoms with Crippen LogP contribution in [0, 0.1) is 0 Å². The number of ether oxygens (including phenoxy) is 1. The fraction of sp³-hybridized carbons (Fsp3) is 0.130. The van der Waals surface area contributed by atoms with Gasteiger partial charge < -0.3 is 15.0 Å². The Morgan fingerprint density at radius 2 is 1.75 bits per heavy atom. The van der Waals surface area contributed by atoms with Gasteiger partial charge in [0.05, 0.1) is 7.11 Å². The van der Waals surface area contributed by atoms with E-state index in [4.69, 9.17) is 4.74 Å². The molecule has 1 atom stereocenters. The number of esters is 1. The Kier molecular flexibility index (Phi) is 4.81. The first-order valence-corrected chi connectivity index (χ1v) is 9.08. The minimum Gasteiger partial charge on any atom is -0.467 e. The van der Waals surface area contributed by atoms with Crippen LogP contribution in [0.5, 0.6) is 0 Å². The Hall–Kier alpha value is -3.60. The van der Waals surface area contributed by atoms with Crippen molar-refractivity contribution in [1.82, 2.24) is 10.3 Å². The molecule has 4 rings (SSSR count). The second kappa shape index (κ2) is 7.56. The summed E-state index contributed by atoms with van der Waals surface area (Å²) >= 11 is 0. The number of H-pyrrole nitrogens is 1. The van der Waals surface area contributed by atoms with Gasteiger partial charge in [-0.15, -0.1) is 0 Å². The highest BCUT2D eigenvalue weighted by atomic mass is 16.5. The number of rotatable bonds is 5. The number of fused-ring (bicyclic) bond motifs is 2. The van der Waals surface area contributed by atoms with Crippen LogP contribution in [0.4, 0.5) is 0 Å². The molecule has 1 amide bonds. The van der Waals surface area contributed by atoms with Gasteiger partial charge in [-0.3, -0.25) is 4.79 Å². The van der Waals surface area contributed by atoms with Gasteiger partial charge >= 0.3 is 5.97 Å². The van der Waals surface area contributed by atoms with Crippen molar-refractivity contribution in [3.8, 4) is 0 Å². The average molecular weight is 372 g/mol. The highest BCUT2D eigenvalue weighted by Gasteiger charge is 2.24. The first-order valence-electron chi connectivity index (χ1n) is 9.08. The largest absolute Gasteiger partial charge is 0.467 e. The molecule has 0 aliphatic carbocycles. The van der Waals surface area contributed by atoms with Gasteiger partial charge in [-0.1, -0.05) is 48.5 Å². The van der Waals surface area contributed by atoms with Gasteiger partial charge in [0.25, 0.3) is 5.91 Å². The molecule has 0 saturated carbocycles. The van der Waals surface area contributed by atoms with E-state index in [0.717, 1.165) is 27.2 Å². The van der Waals surface area contributed by atoms with Gasteiger partial charge in [0.2, 0.25) is 0 Å². The van der Waals surface area contributed by atoms with Crippen LogP contribution in [0.3, 0.4) is 0 Å². The van der Waals surface area contributed by atoms with E-state index >= 15 is 0 Å². The van der Waals surface area contributed by atoms with Crippen molar-refractivity contribution >= 4 is 33.6 Å². The molecule has 1 aromatic heterocycles. The topological polar surface area (TPSA) is 71.2 Å². The van der Waals surface area contributed by atoms with Crippen LogP contribution in [0.15, 0.2) is 72.9 Å². The molecule has 0 aliphatic heterocycles. The third-order valence-corrected chi connectivity index (χ3v) is 4.90. The zero-order valence-corrected chi connectivity index (χ0v) is 15.4. The summed E-state index contributed by atoms with van der Waals surface area (Å²) in [6.07, 6.45) is 2.21. The monoisotopic (exact) mass is 372 g/mol. The van der Waals surface area contributed by atoms with Gasteiger partial charge in [0.15, 0.2) is 0 Å². The number of aromatic nitrogens is 1. The maximum absolute atomic E-state index is 12.8. The molecule has 4 aromatic rings. The van der Waals surface area contributed by atoms with Crippen LogP contribution >= 0.6 is 0 Å². The molecule has 0 radical (unpaired) electrons. The fourth-order valence-electron chi connectivity index (χ4n) is 3.43. The maximum Gasteiger partial charge on any atom is 0.328 e. The summed E-state index contributed by atoms with van der Waals surface area (Å²) < 4.78 is 4.92. The number of nitrogens with one attached hydrogen (secondary N) is 2. The molecule has 5 heteroatoms. The van der Waals surface area contributed by atoms with Crippen LogP contribution < -0.4 is 5.32 Å². The van der Waals surface area contributed by atoms with Crippen molar-refractivity contribution in [2.45, 2.75) is 12.5 Å². The SMILES string of the molecule is COC(=O)[C@@H](Cc1c[nH]c2ccccc12)NC(=O)c1ccc2ccccc2c1. The molecule has 28 heavy (non-hydrogen) atoms. The average Bonchev–Trinajstić information content (AvgIpc) is 3.15. The predicted molar refractivity (Wildman–Crippen MR) is 109 cm³/mol. The Bertz CT molecular complexity index is 1160. The Balaban J connectivity index is 1.58. The third kappa shape index (κ3) is 3.47. The number of benzene rings is 3. The highest BCUT2D eigenvalue weighted by Crippen LogP contribution is 2.20. The van der Waals surface area contributed by atoms with Crippen LogP contribution in [0.25, 0.3) is 21.7 Å². The summed E-state index contributed by atoms with van der Waals surface area (Å²) in [6.45, 7) is 0. The predicted octanol–water partition coefficient (Wildman–Crippen LogP) is 3.84. The zero-order chi connectivity index (χ0) is 19.5. The molecule has 0 aliphatic rings. The summed E-state index contributed by atoms with van der Waals surface area (Å²) in [5.41, 5.74) is 2.44. The fourth-order valence-corrected chi connectivity index (χ4v) is 3.43. The molecule has 0 bridgehead atoms. The molecule has 0 spiro atoms. The number of aromatic amines is 1. The van der Waals surface area contributed by atoms with E-state index in [1.54, 1.807) is 6.07 Å². The Morgan fingerprint density at radius 3 is 2.57 bits per heavy atom. The molecule has 5 nitrogen and oxygen atoms in total. The second-order valence-corrected chi connectivity index (χ2v) is 6.67. The van der Waals surface area contributed by atoms with Crippen LogP contribution in [0.1, 0.15) is 15.9 Å². The van der Waals surface area contributed by atoms with Crippen molar-refractivity contribution in [1.29, 1.82) is 0 Å². The maximum atomic E-state index is 12.8.